The van der Waals surface area contributed by atoms with Crippen LogP contribution in [0.15, 0.2) is 53.0 Å². The molecule has 36 heavy (non-hydrogen) atoms. The average Bonchev–Trinajstić information content (AvgIpc) is 2.83. The van der Waals surface area contributed by atoms with E-state index >= 15 is 0 Å². The first-order valence-corrected chi connectivity index (χ1v) is 15.0. The summed E-state index contributed by atoms with van der Waals surface area (Å²) in [5.41, 5.74) is 2.60. The fourth-order valence-electron chi connectivity index (χ4n) is 3.78. The predicted octanol–water partition coefficient (Wildman–Crippen LogP) is 4.89. The highest BCUT2D eigenvalue weighted by molar-refractivity contribution is 9.10. The molecule has 1 N–H and O–H groups in total. The van der Waals surface area contributed by atoms with E-state index in [1.54, 1.807) is 24.0 Å². The van der Waals surface area contributed by atoms with Gasteiger partial charge >= 0.3 is 0 Å². The molecule has 2 atom stereocenters. The first-order chi connectivity index (χ1) is 17.0. The Morgan fingerprint density at radius 2 is 1.69 bits per heavy atom. The number of sulfonamides is 1. The minimum absolute atomic E-state index is 0.00480. The number of carbonyl (C=O) groups excluding carboxylic acids is 2. The Balaban J connectivity index is 2.17. The molecular weight excluding hydrogens is 542 g/mol. The van der Waals surface area contributed by atoms with Crippen LogP contribution in [-0.2, 0) is 32.6 Å². The maximum atomic E-state index is 13.4. The molecule has 9 heteroatoms. The van der Waals surface area contributed by atoms with Gasteiger partial charge in [-0.3, -0.25) is 13.9 Å². The van der Waals surface area contributed by atoms with Crippen LogP contribution in [0, 0.1) is 0 Å². The van der Waals surface area contributed by atoms with E-state index in [1.807, 2.05) is 57.2 Å². The number of anilines is 1. The molecule has 2 aromatic rings. The number of hydrogen-bond donors (Lipinski definition) is 1. The molecule has 2 rings (SSSR count). The standard InChI is InChI=1S/C27H38BrN3O4S/c1-6-20(3)29-27(33)21(4)30(19-23-10-8-11-24(28)18-23)26(32)12-9-17-31(36(5,34)35)25-15-13-22(7-2)14-16-25/h8,10-11,13-16,18,20-21H,6-7,9,12,17,19H2,1-5H3,(H,29,33)/t20-,21+/m0/s1. The molecule has 198 valence electrons. The van der Waals surface area contributed by atoms with Gasteiger partial charge in [0.25, 0.3) is 0 Å². The maximum absolute atomic E-state index is 13.4. The summed E-state index contributed by atoms with van der Waals surface area (Å²) < 4.78 is 27.2. The molecule has 0 unspecified atom stereocenters. The summed E-state index contributed by atoms with van der Waals surface area (Å²) in [4.78, 5) is 27.8. The second-order valence-corrected chi connectivity index (χ2v) is 11.9. The average molecular weight is 581 g/mol. The van der Waals surface area contributed by atoms with Crippen LogP contribution in [0.25, 0.3) is 0 Å². The fraction of sp³-hybridized carbons (Fsp3) is 0.481. The number of halogens is 1. The molecular formula is C27H38BrN3O4S. The molecule has 2 amide bonds. The number of nitrogens with zero attached hydrogens (tertiary/aromatic N) is 2. The lowest BCUT2D eigenvalue weighted by atomic mass is 10.1. The van der Waals surface area contributed by atoms with Crippen molar-refractivity contribution in [1.29, 1.82) is 0 Å². The summed E-state index contributed by atoms with van der Waals surface area (Å²) in [6, 6.07) is 14.4. The molecule has 0 aliphatic carbocycles. The SMILES string of the molecule is CCc1ccc(N(CCCC(=O)N(Cc2cccc(Br)c2)[C@H](C)C(=O)N[C@@H](C)CC)S(C)(=O)=O)cc1. The minimum atomic E-state index is -3.52. The third kappa shape index (κ3) is 8.92. The van der Waals surface area contributed by atoms with Crippen molar-refractivity contribution in [1.82, 2.24) is 10.2 Å². The molecule has 0 fully saturated rings. The second-order valence-electron chi connectivity index (χ2n) is 9.10. The van der Waals surface area contributed by atoms with E-state index in [4.69, 9.17) is 0 Å². The molecule has 0 aromatic heterocycles. The third-order valence-electron chi connectivity index (χ3n) is 6.20. The van der Waals surface area contributed by atoms with E-state index in [1.165, 1.54) is 10.6 Å². The molecule has 0 spiro atoms. The van der Waals surface area contributed by atoms with Gasteiger partial charge in [-0.1, -0.05) is 54.0 Å². The Labute approximate surface area is 224 Å². The number of amides is 2. The summed E-state index contributed by atoms with van der Waals surface area (Å²) in [5.74, 6) is -0.405. The van der Waals surface area contributed by atoms with E-state index in [9.17, 15) is 18.0 Å². The first-order valence-electron chi connectivity index (χ1n) is 12.4. The van der Waals surface area contributed by atoms with E-state index in [2.05, 4.69) is 21.2 Å². The van der Waals surface area contributed by atoms with Crippen molar-refractivity contribution in [3.8, 4) is 0 Å². The van der Waals surface area contributed by atoms with Gasteiger partial charge < -0.3 is 10.2 Å². The fourth-order valence-corrected chi connectivity index (χ4v) is 5.19. The van der Waals surface area contributed by atoms with Crippen molar-refractivity contribution in [2.45, 2.75) is 72.0 Å². The lowest BCUT2D eigenvalue weighted by molar-refractivity contribution is -0.140. The van der Waals surface area contributed by atoms with Crippen molar-refractivity contribution >= 4 is 43.5 Å². The Bertz CT molecular complexity index is 1120. The van der Waals surface area contributed by atoms with Gasteiger partial charge in [0, 0.05) is 30.0 Å². The molecule has 2 aromatic carbocycles. The van der Waals surface area contributed by atoms with Gasteiger partial charge in [0.2, 0.25) is 21.8 Å². The van der Waals surface area contributed by atoms with E-state index in [0.29, 0.717) is 12.1 Å². The minimum Gasteiger partial charge on any atom is -0.352 e. The summed E-state index contributed by atoms with van der Waals surface area (Å²) in [6.07, 6.45) is 3.27. The Morgan fingerprint density at radius 1 is 1.03 bits per heavy atom. The molecule has 0 aliphatic rings. The van der Waals surface area contributed by atoms with Crippen LogP contribution in [0.1, 0.15) is 58.1 Å². The zero-order chi connectivity index (χ0) is 26.9. The number of rotatable bonds is 13. The highest BCUT2D eigenvalue weighted by atomic mass is 79.9. The molecule has 0 aliphatic heterocycles. The molecule has 0 saturated carbocycles. The largest absolute Gasteiger partial charge is 0.352 e. The van der Waals surface area contributed by atoms with Crippen LogP contribution in [0.2, 0.25) is 0 Å². The van der Waals surface area contributed by atoms with Gasteiger partial charge in [-0.25, -0.2) is 8.42 Å². The van der Waals surface area contributed by atoms with Crippen LogP contribution >= 0.6 is 15.9 Å². The van der Waals surface area contributed by atoms with Gasteiger partial charge in [-0.2, -0.15) is 0 Å². The molecule has 0 radical (unpaired) electrons. The Hall–Kier alpha value is -2.39. The predicted molar refractivity (Wildman–Crippen MR) is 149 cm³/mol. The summed E-state index contributed by atoms with van der Waals surface area (Å²) in [7, 11) is -3.52. The van der Waals surface area contributed by atoms with Crippen molar-refractivity contribution in [3.63, 3.8) is 0 Å². The van der Waals surface area contributed by atoms with Crippen molar-refractivity contribution in [3.05, 3.63) is 64.1 Å². The normalized spacial score (nSPS) is 13.1. The molecule has 0 heterocycles. The monoisotopic (exact) mass is 579 g/mol. The van der Waals surface area contributed by atoms with Crippen LogP contribution in [0.4, 0.5) is 5.69 Å². The number of carbonyl (C=O) groups is 2. The van der Waals surface area contributed by atoms with Crippen LogP contribution in [0.3, 0.4) is 0 Å². The molecule has 7 nitrogen and oxygen atoms in total. The van der Waals surface area contributed by atoms with Gasteiger partial charge in [-0.05, 0) is 68.5 Å². The number of nitrogens with one attached hydrogen (secondary N) is 1. The van der Waals surface area contributed by atoms with Gasteiger partial charge in [0.15, 0.2) is 0 Å². The van der Waals surface area contributed by atoms with Crippen molar-refractivity contribution in [2.75, 3.05) is 17.1 Å². The third-order valence-corrected chi connectivity index (χ3v) is 7.88. The second kappa shape index (κ2) is 13.8. The summed E-state index contributed by atoms with van der Waals surface area (Å²) in [6.45, 7) is 8.14. The highest BCUT2D eigenvalue weighted by Crippen LogP contribution is 2.21. The highest BCUT2D eigenvalue weighted by Gasteiger charge is 2.27. The Kier molecular flexibility index (Phi) is 11.4. The van der Waals surface area contributed by atoms with Gasteiger partial charge in [0.05, 0.1) is 11.9 Å². The molecule has 0 saturated heterocycles. The molecule has 0 bridgehead atoms. The van der Waals surface area contributed by atoms with E-state index in [-0.39, 0.29) is 37.4 Å². The number of aryl methyl sites for hydroxylation is 1. The summed E-state index contributed by atoms with van der Waals surface area (Å²) in [5, 5.41) is 2.96. The van der Waals surface area contributed by atoms with Crippen molar-refractivity contribution in [2.24, 2.45) is 0 Å². The summed E-state index contributed by atoms with van der Waals surface area (Å²) >= 11 is 3.46. The van der Waals surface area contributed by atoms with Crippen molar-refractivity contribution < 1.29 is 18.0 Å². The first kappa shape index (κ1) is 29.8. The topological polar surface area (TPSA) is 86.8 Å². The number of hydrogen-bond acceptors (Lipinski definition) is 4. The van der Waals surface area contributed by atoms with E-state index in [0.717, 1.165) is 28.4 Å². The quantitative estimate of drug-likeness (QED) is 0.366. The zero-order valence-electron chi connectivity index (χ0n) is 21.8. The van der Waals surface area contributed by atoms with Gasteiger partial charge in [0.1, 0.15) is 6.04 Å². The zero-order valence-corrected chi connectivity index (χ0v) is 24.2. The van der Waals surface area contributed by atoms with Crippen LogP contribution in [-0.4, -0.2) is 50.0 Å². The van der Waals surface area contributed by atoms with E-state index < -0.39 is 16.1 Å². The number of benzene rings is 2. The van der Waals surface area contributed by atoms with Crippen LogP contribution in [0.5, 0.6) is 0 Å². The maximum Gasteiger partial charge on any atom is 0.242 e. The lowest BCUT2D eigenvalue weighted by Gasteiger charge is -2.30. The Morgan fingerprint density at radius 3 is 2.25 bits per heavy atom. The lowest BCUT2D eigenvalue weighted by Crippen LogP contribution is -2.49. The van der Waals surface area contributed by atoms with Gasteiger partial charge in [-0.15, -0.1) is 0 Å². The van der Waals surface area contributed by atoms with Crippen LogP contribution < -0.4 is 9.62 Å². The smallest absolute Gasteiger partial charge is 0.242 e.